The van der Waals surface area contributed by atoms with Gasteiger partial charge in [0.15, 0.2) is 23.6 Å². The summed E-state index contributed by atoms with van der Waals surface area (Å²) in [7, 11) is 6.45. The van der Waals surface area contributed by atoms with Crippen LogP contribution in [0.15, 0.2) is 55.1 Å². The van der Waals surface area contributed by atoms with Crippen molar-refractivity contribution in [3.8, 4) is 28.9 Å². The molecule has 2 aromatic heterocycles. The average molecular weight is 592 g/mol. The number of benzene rings is 1. The summed E-state index contributed by atoms with van der Waals surface area (Å²) in [5, 5.41) is 0. The summed E-state index contributed by atoms with van der Waals surface area (Å²) in [6.45, 7) is 4.87. The number of alkyl halides is 4. The third-order valence-corrected chi connectivity index (χ3v) is 6.88. The van der Waals surface area contributed by atoms with E-state index in [-0.39, 0.29) is 23.4 Å². The zero-order valence-corrected chi connectivity index (χ0v) is 24.1. The molecule has 4 rings (SSSR count). The van der Waals surface area contributed by atoms with Gasteiger partial charge in [-0.25, -0.2) is 19.3 Å². The van der Waals surface area contributed by atoms with Crippen LogP contribution >= 0.6 is 9.24 Å². The molecule has 13 heteroatoms. The van der Waals surface area contributed by atoms with Crippen LogP contribution in [0.5, 0.6) is 17.5 Å². The molecule has 3 atom stereocenters. The quantitative estimate of drug-likeness (QED) is 0.185. The molecule has 0 saturated heterocycles. The van der Waals surface area contributed by atoms with E-state index in [1.54, 1.807) is 24.3 Å². The summed E-state index contributed by atoms with van der Waals surface area (Å²) >= 11 is 0. The van der Waals surface area contributed by atoms with Crippen LogP contribution in [0, 0.1) is 0 Å². The first kappa shape index (κ1) is 30.2. The first-order valence-corrected chi connectivity index (χ1v) is 13.3. The van der Waals surface area contributed by atoms with Crippen molar-refractivity contribution in [1.29, 1.82) is 0 Å². The van der Waals surface area contributed by atoms with Crippen molar-refractivity contribution in [3.63, 3.8) is 0 Å². The lowest BCUT2D eigenvalue weighted by molar-refractivity contribution is -0.0921. The van der Waals surface area contributed by atoms with E-state index in [1.807, 2.05) is 0 Å². The minimum atomic E-state index is -4.45. The highest BCUT2D eigenvalue weighted by Crippen LogP contribution is 2.45. The topological polar surface area (TPSA) is 82.5 Å². The fourth-order valence-electron chi connectivity index (χ4n) is 4.06. The predicted octanol–water partition coefficient (Wildman–Crippen LogP) is 6.49. The van der Waals surface area contributed by atoms with E-state index in [2.05, 4.69) is 35.8 Å². The molecule has 0 N–H and O–H groups in total. The van der Waals surface area contributed by atoms with Gasteiger partial charge in [0.2, 0.25) is 5.88 Å². The molecule has 3 unspecified atom stereocenters. The number of rotatable bonds is 11. The van der Waals surface area contributed by atoms with Gasteiger partial charge in [-0.3, -0.25) is 0 Å². The molecule has 1 saturated carbocycles. The second-order valence-corrected chi connectivity index (χ2v) is 10.1. The molecule has 1 aromatic carbocycles. The standard InChI is InChI=1S/C28H30F4N5O3P/c1-15(28(30,31)32)13-37(3)16(2)17-6-10-19(11-7-17)23(24(29)41)40-26-20(38-4)12-33-25(36-26)21-22(18-8-9-18)34-14-35-27(21)39-5/h6-7,10-14,18,23-24H,2,8-9,41H2,1,3-5H3/b15-13+. The molecule has 1 aliphatic rings. The molecule has 1 aliphatic carbocycles. The van der Waals surface area contributed by atoms with E-state index < -0.39 is 23.8 Å². The molecule has 0 amide bonds. The van der Waals surface area contributed by atoms with Crippen LogP contribution in [0.25, 0.3) is 17.1 Å². The van der Waals surface area contributed by atoms with Gasteiger partial charge >= 0.3 is 6.18 Å². The molecule has 0 radical (unpaired) electrons. The Hall–Kier alpha value is -3.79. The first-order valence-electron chi connectivity index (χ1n) is 12.6. The Morgan fingerprint density at radius 2 is 1.78 bits per heavy atom. The maximum atomic E-state index is 14.9. The molecule has 2 heterocycles. The molecule has 0 aliphatic heterocycles. The highest BCUT2D eigenvalue weighted by molar-refractivity contribution is 7.17. The van der Waals surface area contributed by atoms with Gasteiger partial charge in [-0.1, -0.05) is 40.1 Å². The van der Waals surface area contributed by atoms with E-state index in [0.29, 0.717) is 28.3 Å². The number of aromatic nitrogens is 4. The van der Waals surface area contributed by atoms with Gasteiger partial charge in [-0.15, -0.1) is 0 Å². The minimum absolute atomic E-state index is 0.00114. The Labute approximate surface area is 237 Å². The fourth-order valence-corrected chi connectivity index (χ4v) is 4.36. The number of allylic oxidation sites excluding steroid dienone is 1. The lowest BCUT2D eigenvalue weighted by atomic mass is 10.1. The van der Waals surface area contributed by atoms with E-state index >= 15 is 0 Å². The Kier molecular flexibility index (Phi) is 9.11. The van der Waals surface area contributed by atoms with Crippen LogP contribution in [-0.2, 0) is 0 Å². The number of hydrogen-bond donors (Lipinski definition) is 0. The van der Waals surface area contributed by atoms with Crippen molar-refractivity contribution in [2.45, 2.75) is 43.9 Å². The third kappa shape index (κ3) is 6.93. The number of hydrogen-bond acceptors (Lipinski definition) is 8. The smallest absolute Gasteiger partial charge is 0.413 e. The van der Waals surface area contributed by atoms with Gasteiger partial charge in [0.05, 0.1) is 26.1 Å². The minimum Gasteiger partial charge on any atom is -0.490 e. The van der Waals surface area contributed by atoms with E-state index in [9.17, 15) is 17.6 Å². The van der Waals surface area contributed by atoms with Gasteiger partial charge in [-0.05, 0) is 30.9 Å². The zero-order valence-electron chi connectivity index (χ0n) is 22.9. The lowest BCUT2D eigenvalue weighted by Crippen LogP contribution is -2.17. The maximum absolute atomic E-state index is 14.9. The Bertz CT molecular complexity index is 1430. The normalized spacial score (nSPS) is 15.2. The Morgan fingerprint density at radius 1 is 1.10 bits per heavy atom. The van der Waals surface area contributed by atoms with Crippen molar-refractivity contribution in [1.82, 2.24) is 24.8 Å². The molecule has 3 aromatic rings. The average Bonchev–Trinajstić information content (AvgIpc) is 3.80. The van der Waals surface area contributed by atoms with Crippen LogP contribution in [0.1, 0.15) is 48.6 Å². The lowest BCUT2D eigenvalue weighted by Gasteiger charge is -2.23. The molecule has 8 nitrogen and oxygen atoms in total. The first-order chi connectivity index (χ1) is 19.4. The van der Waals surface area contributed by atoms with Gasteiger partial charge < -0.3 is 19.1 Å². The summed E-state index contributed by atoms with van der Waals surface area (Å²) < 4.78 is 70.6. The highest BCUT2D eigenvalue weighted by Gasteiger charge is 2.33. The van der Waals surface area contributed by atoms with Crippen molar-refractivity contribution >= 4 is 14.9 Å². The van der Waals surface area contributed by atoms with Gasteiger partial charge in [0.25, 0.3) is 5.88 Å². The van der Waals surface area contributed by atoms with Crippen molar-refractivity contribution in [2.24, 2.45) is 0 Å². The van der Waals surface area contributed by atoms with Crippen LogP contribution in [0.4, 0.5) is 17.6 Å². The summed E-state index contributed by atoms with van der Waals surface area (Å²) in [6, 6.07) is 6.49. The van der Waals surface area contributed by atoms with Crippen LogP contribution in [0.2, 0.25) is 0 Å². The SMILES string of the molecule is C=C(c1ccc(C(Oc2nc(-c3c(OC)ncnc3C3CC3)ncc2OC)C(F)P)cc1)N(C)/C=C(\C)C(F)(F)F. The van der Waals surface area contributed by atoms with E-state index in [4.69, 9.17) is 14.2 Å². The predicted molar refractivity (Wildman–Crippen MR) is 149 cm³/mol. The molecule has 0 spiro atoms. The second kappa shape index (κ2) is 12.4. The van der Waals surface area contributed by atoms with Crippen LogP contribution in [0.3, 0.4) is 0 Å². The molecule has 0 bridgehead atoms. The van der Waals surface area contributed by atoms with E-state index in [0.717, 1.165) is 31.7 Å². The van der Waals surface area contributed by atoms with Gasteiger partial charge in [-0.2, -0.15) is 18.2 Å². The summed E-state index contributed by atoms with van der Waals surface area (Å²) in [5.74, 6) is -0.566. The monoisotopic (exact) mass is 591 g/mol. The van der Waals surface area contributed by atoms with Crippen molar-refractivity contribution in [2.75, 3.05) is 21.3 Å². The maximum Gasteiger partial charge on any atom is 0.413 e. The third-order valence-electron chi connectivity index (χ3n) is 6.53. The molecule has 41 heavy (non-hydrogen) atoms. The number of halogens is 4. The highest BCUT2D eigenvalue weighted by atomic mass is 31.0. The Morgan fingerprint density at radius 3 is 2.34 bits per heavy atom. The Balaban J connectivity index is 1.63. The van der Waals surface area contributed by atoms with Crippen LogP contribution in [-0.4, -0.2) is 58.2 Å². The van der Waals surface area contributed by atoms with Crippen molar-refractivity contribution in [3.05, 3.63) is 72.0 Å². The number of nitrogens with zero attached hydrogens (tertiary/aromatic N) is 5. The summed E-state index contributed by atoms with van der Waals surface area (Å²) in [5.41, 5.74) is 1.86. The molecule has 1 fully saturated rings. The fraction of sp³-hybridized carbons (Fsp3) is 0.357. The van der Waals surface area contributed by atoms with E-state index in [1.165, 1.54) is 38.7 Å². The van der Waals surface area contributed by atoms with Gasteiger partial charge in [0.1, 0.15) is 11.9 Å². The number of methoxy groups -OCH3 is 2. The van der Waals surface area contributed by atoms with Gasteiger partial charge in [0, 0.05) is 30.4 Å². The molecule has 218 valence electrons. The van der Waals surface area contributed by atoms with Crippen LogP contribution < -0.4 is 14.2 Å². The molecular weight excluding hydrogens is 561 g/mol. The largest absolute Gasteiger partial charge is 0.490 e. The number of ether oxygens (including phenoxy) is 3. The zero-order chi connectivity index (χ0) is 29.9. The molecular formula is C28H30F4N5O3P. The second-order valence-electron chi connectivity index (χ2n) is 9.46. The summed E-state index contributed by atoms with van der Waals surface area (Å²) in [6.07, 6.45) is 0.192. The summed E-state index contributed by atoms with van der Waals surface area (Å²) in [4.78, 5) is 18.8. The van der Waals surface area contributed by atoms with Crippen molar-refractivity contribution < 1.29 is 31.8 Å².